The topological polar surface area (TPSA) is 26.0 Å². The van der Waals surface area contributed by atoms with Gasteiger partial charge in [-0.3, -0.25) is 0 Å². The SMILES string of the molecule is CCCCc1c(S)ccc(N)c1CCC. The normalized spacial score (nSPS) is 10.6. The highest BCUT2D eigenvalue weighted by Crippen LogP contribution is 2.26. The number of nitrogens with two attached hydrogens (primary N) is 1. The Labute approximate surface area is 98.5 Å². The smallest absolute Gasteiger partial charge is 0.0350 e. The molecule has 0 amide bonds. The second kappa shape index (κ2) is 6.06. The first-order chi connectivity index (χ1) is 7.20. The molecule has 0 spiro atoms. The highest BCUT2D eigenvalue weighted by molar-refractivity contribution is 7.80. The van der Waals surface area contributed by atoms with Crippen LogP contribution in [0.15, 0.2) is 17.0 Å². The van der Waals surface area contributed by atoms with E-state index in [2.05, 4.69) is 26.5 Å². The van der Waals surface area contributed by atoms with Crippen LogP contribution in [0.3, 0.4) is 0 Å². The summed E-state index contributed by atoms with van der Waals surface area (Å²) in [5.41, 5.74) is 9.63. The van der Waals surface area contributed by atoms with Gasteiger partial charge >= 0.3 is 0 Å². The number of unbranched alkanes of at least 4 members (excludes halogenated alkanes) is 1. The molecule has 0 fully saturated rings. The summed E-state index contributed by atoms with van der Waals surface area (Å²) in [6.07, 6.45) is 5.75. The van der Waals surface area contributed by atoms with E-state index < -0.39 is 0 Å². The summed E-state index contributed by atoms with van der Waals surface area (Å²) in [6, 6.07) is 3.99. The molecule has 0 aliphatic heterocycles. The molecule has 84 valence electrons. The maximum atomic E-state index is 6.01. The molecule has 0 heterocycles. The summed E-state index contributed by atoms with van der Waals surface area (Å²) in [5, 5.41) is 0. The average Bonchev–Trinajstić information content (AvgIpc) is 2.23. The first kappa shape index (κ1) is 12.4. The first-order valence-electron chi connectivity index (χ1n) is 5.79. The summed E-state index contributed by atoms with van der Waals surface area (Å²) in [4.78, 5) is 1.10. The van der Waals surface area contributed by atoms with Gasteiger partial charge in [-0.1, -0.05) is 26.7 Å². The van der Waals surface area contributed by atoms with Crippen LogP contribution >= 0.6 is 12.6 Å². The van der Waals surface area contributed by atoms with E-state index in [9.17, 15) is 0 Å². The van der Waals surface area contributed by atoms with E-state index in [4.69, 9.17) is 5.73 Å². The Balaban J connectivity index is 3.01. The molecule has 0 bridgehead atoms. The number of hydrogen-bond acceptors (Lipinski definition) is 2. The van der Waals surface area contributed by atoms with Crippen LogP contribution in [0.5, 0.6) is 0 Å². The van der Waals surface area contributed by atoms with Gasteiger partial charge in [0.25, 0.3) is 0 Å². The number of benzene rings is 1. The Morgan fingerprint density at radius 3 is 2.40 bits per heavy atom. The Morgan fingerprint density at radius 2 is 1.80 bits per heavy atom. The number of rotatable bonds is 5. The number of hydrogen-bond donors (Lipinski definition) is 2. The molecule has 1 rings (SSSR count). The summed E-state index contributed by atoms with van der Waals surface area (Å²) >= 11 is 4.52. The molecule has 2 heteroatoms. The fourth-order valence-electron chi connectivity index (χ4n) is 1.88. The molecular formula is C13H21NS. The van der Waals surface area contributed by atoms with E-state index in [0.29, 0.717) is 0 Å². The van der Waals surface area contributed by atoms with Crippen LogP contribution in [0.25, 0.3) is 0 Å². The van der Waals surface area contributed by atoms with Crippen LogP contribution in [0.2, 0.25) is 0 Å². The summed E-state index contributed by atoms with van der Waals surface area (Å²) in [7, 11) is 0. The summed E-state index contributed by atoms with van der Waals surface area (Å²) in [5.74, 6) is 0. The van der Waals surface area contributed by atoms with Gasteiger partial charge in [-0.2, -0.15) is 0 Å². The molecule has 0 saturated heterocycles. The number of anilines is 1. The van der Waals surface area contributed by atoms with Gasteiger partial charge in [0.2, 0.25) is 0 Å². The van der Waals surface area contributed by atoms with Gasteiger partial charge in [0, 0.05) is 10.6 Å². The van der Waals surface area contributed by atoms with Crippen LogP contribution in [-0.2, 0) is 12.8 Å². The third-order valence-electron chi connectivity index (χ3n) is 2.72. The van der Waals surface area contributed by atoms with Gasteiger partial charge in [0.1, 0.15) is 0 Å². The third kappa shape index (κ3) is 3.16. The lowest BCUT2D eigenvalue weighted by Crippen LogP contribution is -2.01. The van der Waals surface area contributed by atoms with Crippen LogP contribution < -0.4 is 5.73 Å². The third-order valence-corrected chi connectivity index (χ3v) is 3.14. The zero-order valence-corrected chi connectivity index (χ0v) is 10.6. The van der Waals surface area contributed by atoms with E-state index >= 15 is 0 Å². The van der Waals surface area contributed by atoms with Gasteiger partial charge in [-0.25, -0.2) is 0 Å². The molecule has 1 nitrogen and oxygen atoms in total. The van der Waals surface area contributed by atoms with E-state index in [1.54, 1.807) is 0 Å². The van der Waals surface area contributed by atoms with Gasteiger partial charge in [-0.15, -0.1) is 12.6 Å². The van der Waals surface area contributed by atoms with Crippen molar-refractivity contribution in [1.29, 1.82) is 0 Å². The molecule has 15 heavy (non-hydrogen) atoms. The zero-order valence-electron chi connectivity index (χ0n) is 9.71. The Morgan fingerprint density at radius 1 is 1.07 bits per heavy atom. The van der Waals surface area contributed by atoms with Crippen molar-refractivity contribution < 1.29 is 0 Å². The molecule has 0 radical (unpaired) electrons. The van der Waals surface area contributed by atoms with E-state index in [1.807, 2.05) is 12.1 Å². The van der Waals surface area contributed by atoms with Gasteiger partial charge in [-0.05, 0) is 42.5 Å². The fraction of sp³-hybridized carbons (Fsp3) is 0.538. The van der Waals surface area contributed by atoms with Crippen LogP contribution in [-0.4, -0.2) is 0 Å². The highest BCUT2D eigenvalue weighted by Gasteiger charge is 2.08. The second-order valence-electron chi connectivity index (χ2n) is 3.98. The molecule has 0 aliphatic rings. The quantitative estimate of drug-likeness (QED) is 0.575. The predicted octanol–water partition coefficient (Wildman–Crippen LogP) is 3.85. The molecule has 1 aromatic rings. The summed E-state index contributed by atoms with van der Waals surface area (Å²) in [6.45, 7) is 4.40. The first-order valence-corrected chi connectivity index (χ1v) is 6.24. The number of nitrogen functional groups attached to an aromatic ring is 1. The minimum atomic E-state index is 0.931. The van der Waals surface area contributed by atoms with Gasteiger partial charge < -0.3 is 5.73 Å². The van der Waals surface area contributed by atoms with Crippen LogP contribution in [0.1, 0.15) is 44.2 Å². The van der Waals surface area contributed by atoms with E-state index in [1.165, 1.54) is 24.0 Å². The summed E-state index contributed by atoms with van der Waals surface area (Å²) < 4.78 is 0. The molecule has 1 aromatic carbocycles. The van der Waals surface area contributed by atoms with Crippen molar-refractivity contribution in [3.63, 3.8) is 0 Å². The van der Waals surface area contributed by atoms with Crippen molar-refractivity contribution in [1.82, 2.24) is 0 Å². The zero-order chi connectivity index (χ0) is 11.3. The largest absolute Gasteiger partial charge is 0.398 e. The minimum absolute atomic E-state index is 0.931. The second-order valence-corrected chi connectivity index (χ2v) is 4.47. The van der Waals surface area contributed by atoms with Crippen LogP contribution in [0.4, 0.5) is 5.69 Å². The molecule has 0 unspecified atom stereocenters. The maximum Gasteiger partial charge on any atom is 0.0350 e. The molecule has 2 N–H and O–H groups in total. The van der Waals surface area contributed by atoms with Crippen molar-refractivity contribution in [2.45, 2.75) is 50.8 Å². The Bertz CT molecular complexity index is 321. The monoisotopic (exact) mass is 223 g/mol. The molecule has 0 saturated carbocycles. The predicted molar refractivity (Wildman–Crippen MR) is 70.7 cm³/mol. The fourth-order valence-corrected chi connectivity index (χ4v) is 2.20. The van der Waals surface area contributed by atoms with Crippen LogP contribution in [0, 0.1) is 0 Å². The minimum Gasteiger partial charge on any atom is -0.398 e. The molecule has 0 aromatic heterocycles. The maximum absolute atomic E-state index is 6.01. The Hall–Kier alpha value is -0.630. The van der Waals surface area contributed by atoms with Crippen molar-refractivity contribution in [3.05, 3.63) is 23.3 Å². The lowest BCUT2D eigenvalue weighted by molar-refractivity contribution is 0.770. The average molecular weight is 223 g/mol. The van der Waals surface area contributed by atoms with E-state index in [-0.39, 0.29) is 0 Å². The molecular weight excluding hydrogens is 202 g/mol. The van der Waals surface area contributed by atoms with Gasteiger partial charge in [0.05, 0.1) is 0 Å². The van der Waals surface area contributed by atoms with Crippen molar-refractivity contribution in [2.75, 3.05) is 5.73 Å². The standard InChI is InChI=1S/C13H21NS/c1-3-5-7-11-10(6-4-2)12(14)8-9-13(11)15/h8-9,15H,3-7,14H2,1-2H3. The molecule has 0 atom stereocenters. The lowest BCUT2D eigenvalue weighted by Gasteiger charge is -2.14. The van der Waals surface area contributed by atoms with Crippen molar-refractivity contribution in [3.8, 4) is 0 Å². The highest BCUT2D eigenvalue weighted by atomic mass is 32.1. The molecule has 0 aliphatic carbocycles. The van der Waals surface area contributed by atoms with E-state index in [0.717, 1.165) is 29.8 Å². The van der Waals surface area contributed by atoms with Crippen molar-refractivity contribution in [2.24, 2.45) is 0 Å². The Kier molecular flexibility index (Phi) is 5.03. The number of thiol groups is 1. The van der Waals surface area contributed by atoms with Gasteiger partial charge in [0.15, 0.2) is 0 Å². The van der Waals surface area contributed by atoms with Crippen molar-refractivity contribution >= 4 is 18.3 Å². The lowest BCUT2D eigenvalue weighted by atomic mass is 9.97.